The summed E-state index contributed by atoms with van der Waals surface area (Å²) in [6.07, 6.45) is 1.30. The minimum atomic E-state index is -2.97. The van der Waals surface area contributed by atoms with E-state index in [-0.39, 0.29) is 23.4 Å². The second kappa shape index (κ2) is 6.31. The number of hydrogen-bond donors (Lipinski definition) is 1. The van der Waals surface area contributed by atoms with E-state index in [2.05, 4.69) is 22.0 Å². The zero-order valence-corrected chi connectivity index (χ0v) is 15.7. The van der Waals surface area contributed by atoms with Gasteiger partial charge in [0.25, 0.3) is 11.5 Å². The number of aryl methyl sites for hydroxylation is 2. The molecular weight excluding hydrogens is 360 g/mol. The van der Waals surface area contributed by atoms with Gasteiger partial charge in [-0.3, -0.25) is 9.48 Å². The molecule has 0 atom stereocenters. The molecule has 0 fully saturated rings. The first kappa shape index (κ1) is 18.2. The Morgan fingerprint density at radius 2 is 2.12 bits per heavy atom. The van der Waals surface area contributed by atoms with Gasteiger partial charge in [0.15, 0.2) is 4.96 Å². The Bertz CT molecular complexity index is 1060. The molecule has 0 radical (unpaired) electrons. The average Bonchev–Trinajstić information content (AvgIpc) is 3.06. The summed E-state index contributed by atoms with van der Waals surface area (Å²) in [5.41, 5.74) is 1.67. The maximum atomic E-state index is 13.6. The van der Waals surface area contributed by atoms with Crippen molar-refractivity contribution in [2.75, 3.05) is 7.05 Å². The smallest absolute Gasteiger partial charge is 0.273 e. The highest BCUT2D eigenvalue weighted by Crippen LogP contribution is 2.29. The maximum Gasteiger partial charge on any atom is 0.273 e. The summed E-state index contributed by atoms with van der Waals surface area (Å²) in [5.74, 6) is -2.97. The number of fused-ring (bicyclic) bond motifs is 1. The number of nitrogens with one attached hydrogen (secondary N) is 1. The molecule has 0 amide bonds. The standard InChI is InChI=1S/C17H19F2N5OS/c1-9-13(17(4,18)19)8-23(22-9)7-12-6-14(25)24-15(10(2)20-5)11(3)26-16(24)21-12/h6,8,20H,2,7H2,1,3-5H3. The molecule has 0 aliphatic carbocycles. The largest absolute Gasteiger partial charge is 0.387 e. The van der Waals surface area contributed by atoms with Crippen molar-refractivity contribution in [3.8, 4) is 0 Å². The van der Waals surface area contributed by atoms with E-state index in [4.69, 9.17) is 0 Å². The van der Waals surface area contributed by atoms with E-state index in [9.17, 15) is 13.6 Å². The minimum absolute atomic E-state index is 0.130. The van der Waals surface area contributed by atoms with Gasteiger partial charge in [0, 0.05) is 31.1 Å². The highest BCUT2D eigenvalue weighted by Gasteiger charge is 2.29. The fourth-order valence-corrected chi connectivity index (χ4v) is 3.89. The lowest BCUT2D eigenvalue weighted by molar-refractivity contribution is 0.0167. The predicted molar refractivity (Wildman–Crippen MR) is 97.8 cm³/mol. The van der Waals surface area contributed by atoms with Crippen molar-refractivity contribution in [3.63, 3.8) is 0 Å². The molecule has 0 saturated carbocycles. The molecule has 0 spiro atoms. The molecule has 26 heavy (non-hydrogen) atoms. The molecule has 3 rings (SSSR count). The van der Waals surface area contributed by atoms with Crippen LogP contribution in [0.4, 0.5) is 8.78 Å². The summed E-state index contributed by atoms with van der Waals surface area (Å²) in [7, 11) is 1.74. The number of hydrogen-bond acceptors (Lipinski definition) is 5. The van der Waals surface area contributed by atoms with Gasteiger partial charge in [-0.1, -0.05) is 6.58 Å². The summed E-state index contributed by atoms with van der Waals surface area (Å²) in [6, 6.07) is 1.40. The SMILES string of the molecule is C=C(NC)c1c(C)sc2nc(Cn3cc(C(C)(F)F)c(C)n3)cc(=O)n12. The Balaban J connectivity index is 2.03. The van der Waals surface area contributed by atoms with Crippen molar-refractivity contribution in [3.05, 3.63) is 56.7 Å². The maximum absolute atomic E-state index is 13.6. The summed E-state index contributed by atoms with van der Waals surface area (Å²) in [4.78, 5) is 18.5. The monoisotopic (exact) mass is 379 g/mol. The van der Waals surface area contributed by atoms with Gasteiger partial charge in [0.05, 0.1) is 34.9 Å². The van der Waals surface area contributed by atoms with Crippen molar-refractivity contribution in [1.29, 1.82) is 0 Å². The molecule has 0 aromatic carbocycles. The van der Waals surface area contributed by atoms with E-state index in [0.29, 0.717) is 22.0 Å². The van der Waals surface area contributed by atoms with Crippen LogP contribution in [0.15, 0.2) is 23.6 Å². The normalized spacial score (nSPS) is 11.9. The van der Waals surface area contributed by atoms with E-state index < -0.39 is 5.92 Å². The van der Waals surface area contributed by atoms with E-state index in [1.165, 1.54) is 39.6 Å². The third kappa shape index (κ3) is 3.14. The molecule has 0 unspecified atom stereocenters. The number of aromatic nitrogens is 4. The van der Waals surface area contributed by atoms with Gasteiger partial charge in [0.2, 0.25) is 0 Å². The quantitative estimate of drug-likeness (QED) is 0.740. The molecule has 0 bridgehead atoms. The van der Waals surface area contributed by atoms with Crippen molar-refractivity contribution >= 4 is 22.0 Å². The van der Waals surface area contributed by atoms with Crippen molar-refractivity contribution in [2.45, 2.75) is 33.2 Å². The van der Waals surface area contributed by atoms with Gasteiger partial charge in [-0.2, -0.15) is 5.10 Å². The molecule has 0 saturated heterocycles. The molecular formula is C17H19F2N5OS. The van der Waals surface area contributed by atoms with Gasteiger partial charge in [-0.25, -0.2) is 18.2 Å². The third-order valence-corrected chi connectivity index (χ3v) is 5.03. The van der Waals surface area contributed by atoms with Crippen LogP contribution in [0.25, 0.3) is 10.7 Å². The van der Waals surface area contributed by atoms with E-state index in [1.54, 1.807) is 7.05 Å². The van der Waals surface area contributed by atoms with Crippen LogP contribution in [0.2, 0.25) is 0 Å². The molecule has 3 aromatic heterocycles. The molecule has 3 heterocycles. The summed E-state index contributed by atoms with van der Waals surface area (Å²) in [6.45, 7) is 8.32. The Morgan fingerprint density at radius 3 is 2.69 bits per heavy atom. The molecule has 1 N–H and O–H groups in total. The molecule has 0 aliphatic rings. The Kier molecular flexibility index (Phi) is 4.43. The zero-order valence-electron chi connectivity index (χ0n) is 14.9. The van der Waals surface area contributed by atoms with Crippen LogP contribution in [0.3, 0.4) is 0 Å². The van der Waals surface area contributed by atoms with Crippen molar-refractivity contribution in [2.24, 2.45) is 0 Å². The molecule has 0 aliphatic heterocycles. The number of halogens is 2. The second-order valence-corrected chi connectivity index (χ2v) is 7.33. The predicted octanol–water partition coefficient (Wildman–Crippen LogP) is 2.92. The summed E-state index contributed by atoms with van der Waals surface area (Å²) in [5, 5.41) is 7.06. The van der Waals surface area contributed by atoms with Crippen molar-refractivity contribution in [1.82, 2.24) is 24.5 Å². The highest BCUT2D eigenvalue weighted by molar-refractivity contribution is 7.17. The Labute approximate surface area is 152 Å². The van der Waals surface area contributed by atoms with E-state index in [0.717, 1.165) is 11.8 Å². The van der Waals surface area contributed by atoms with Gasteiger partial charge >= 0.3 is 0 Å². The van der Waals surface area contributed by atoms with Crippen LogP contribution in [0.1, 0.15) is 34.4 Å². The lowest BCUT2D eigenvalue weighted by Gasteiger charge is -2.07. The first-order valence-corrected chi connectivity index (χ1v) is 8.75. The van der Waals surface area contributed by atoms with Crippen LogP contribution < -0.4 is 10.9 Å². The van der Waals surface area contributed by atoms with Crippen LogP contribution in [0.5, 0.6) is 0 Å². The van der Waals surface area contributed by atoms with Gasteiger partial charge < -0.3 is 5.32 Å². The lowest BCUT2D eigenvalue weighted by atomic mass is 10.1. The fourth-order valence-electron chi connectivity index (χ4n) is 2.87. The molecule has 9 heteroatoms. The molecule has 6 nitrogen and oxygen atoms in total. The van der Waals surface area contributed by atoms with E-state index in [1.807, 2.05) is 6.92 Å². The number of nitrogens with zero attached hydrogens (tertiary/aromatic N) is 4. The lowest BCUT2D eigenvalue weighted by Crippen LogP contribution is -2.19. The van der Waals surface area contributed by atoms with Crippen LogP contribution in [-0.4, -0.2) is 26.2 Å². The number of rotatable bonds is 5. The molecule has 3 aromatic rings. The van der Waals surface area contributed by atoms with Crippen LogP contribution >= 0.6 is 11.3 Å². The Morgan fingerprint density at radius 1 is 1.42 bits per heavy atom. The van der Waals surface area contributed by atoms with Crippen LogP contribution in [-0.2, 0) is 12.5 Å². The van der Waals surface area contributed by atoms with Gasteiger partial charge in [0.1, 0.15) is 0 Å². The average molecular weight is 379 g/mol. The van der Waals surface area contributed by atoms with Crippen molar-refractivity contribution < 1.29 is 8.78 Å². The first-order chi connectivity index (χ1) is 12.1. The first-order valence-electron chi connectivity index (χ1n) is 7.93. The highest BCUT2D eigenvalue weighted by atomic mass is 32.1. The minimum Gasteiger partial charge on any atom is -0.387 e. The topological polar surface area (TPSA) is 64.2 Å². The zero-order chi connectivity index (χ0) is 19.2. The summed E-state index contributed by atoms with van der Waals surface area (Å²) < 4.78 is 30.0. The number of thiazole rings is 1. The van der Waals surface area contributed by atoms with Crippen LogP contribution in [0, 0.1) is 13.8 Å². The Hall–Kier alpha value is -2.55. The molecule has 138 valence electrons. The summed E-state index contributed by atoms with van der Waals surface area (Å²) >= 11 is 1.38. The fraction of sp³-hybridized carbons (Fsp3) is 0.353. The van der Waals surface area contributed by atoms with Gasteiger partial charge in [-0.15, -0.1) is 11.3 Å². The van der Waals surface area contributed by atoms with Gasteiger partial charge in [-0.05, 0) is 13.8 Å². The third-order valence-electron chi connectivity index (χ3n) is 4.07. The van der Waals surface area contributed by atoms with E-state index >= 15 is 0 Å². The second-order valence-electron chi connectivity index (χ2n) is 6.15. The number of alkyl halides is 2.